The highest BCUT2D eigenvalue weighted by molar-refractivity contribution is 8.04. The summed E-state index contributed by atoms with van der Waals surface area (Å²) in [5.41, 5.74) is 2.97. The molecule has 2 aliphatic carbocycles. The highest BCUT2D eigenvalue weighted by Crippen LogP contribution is 2.51. The number of rotatable bonds is 4. The van der Waals surface area contributed by atoms with Crippen LogP contribution in [0.4, 0.5) is 0 Å². The molecule has 2 fully saturated rings. The van der Waals surface area contributed by atoms with Crippen LogP contribution < -0.4 is 5.32 Å². The number of carbonyl (C=O) groups is 1. The molecular formula is C21H30N4OS. The number of nitrogens with zero attached hydrogens (tertiary/aromatic N) is 3. The van der Waals surface area contributed by atoms with Gasteiger partial charge in [0, 0.05) is 31.8 Å². The number of hydrogen-bond donors (Lipinski definition) is 1. The number of aliphatic imine (C=N–C) groups is 1. The second-order valence-electron chi connectivity index (χ2n) is 8.50. The molecule has 3 aliphatic heterocycles. The molecule has 1 saturated heterocycles. The van der Waals surface area contributed by atoms with Gasteiger partial charge in [0.25, 0.3) is 0 Å². The zero-order valence-corrected chi connectivity index (χ0v) is 17.1. The lowest BCUT2D eigenvalue weighted by Gasteiger charge is -2.33. The van der Waals surface area contributed by atoms with Gasteiger partial charge in [0.1, 0.15) is 17.0 Å². The van der Waals surface area contributed by atoms with Gasteiger partial charge < -0.3 is 15.1 Å². The van der Waals surface area contributed by atoms with Gasteiger partial charge in [-0.2, -0.15) is 0 Å². The van der Waals surface area contributed by atoms with E-state index in [1.807, 2.05) is 16.7 Å². The van der Waals surface area contributed by atoms with Crippen molar-refractivity contribution >= 4 is 23.5 Å². The standard InChI is InChI=1S/C21H30N4OS/c1-24(14-9-10-14)20-19-15-7-3-4-8-16(15)27-21(19)23-17(22-20)13-18(26)25-11-5-2-6-12-25/h14,21H,2-13H2,1H3,(H,22,23). The highest BCUT2D eigenvalue weighted by Gasteiger charge is 2.40. The Bertz CT molecular complexity index is 730. The third-order valence-electron chi connectivity index (χ3n) is 6.51. The van der Waals surface area contributed by atoms with Crippen molar-refractivity contribution in [2.45, 2.75) is 75.6 Å². The smallest absolute Gasteiger partial charge is 0.230 e. The molecule has 0 radical (unpaired) electrons. The Balaban J connectivity index is 1.39. The number of allylic oxidation sites excluding steroid dienone is 1. The van der Waals surface area contributed by atoms with Crippen LogP contribution in [0.3, 0.4) is 0 Å². The fourth-order valence-electron chi connectivity index (χ4n) is 4.77. The van der Waals surface area contributed by atoms with Gasteiger partial charge in [0.15, 0.2) is 0 Å². The number of carbonyl (C=O) groups excluding carboxylic acids is 1. The maximum atomic E-state index is 12.8. The minimum absolute atomic E-state index is 0.162. The van der Waals surface area contributed by atoms with E-state index in [2.05, 4.69) is 17.3 Å². The molecule has 6 heteroatoms. The van der Waals surface area contributed by atoms with Crippen LogP contribution in [0.15, 0.2) is 26.9 Å². The number of nitrogens with one attached hydrogen (secondary N) is 1. The lowest BCUT2D eigenvalue weighted by atomic mass is 9.92. The molecule has 1 atom stereocenters. The van der Waals surface area contributed by atoms with E-state index in [1.165, 1.54) is 56.3 Å². The molecule has 1 amide bonds. The van der Waals surface area contributed by atoms with Crippen molar-refractivity contribution in [3.63, 3.8) is 0 Å². The summed E-state index contributed by atoms with van der Waals surface area (Å²) in [6, 6.07) is 0.649. The van der Waals surface area contributed by atoms with Crippen molar-refractivity contribution < 1.29 is 4.79 Å². The lowest BCUT2D eigenvalue weighted by Crippen LogP contribution is -2.43. The predicted molar refractivity (Wildman–Crippen MR) is 110 cm³/mol. The van der Waals surface area contributed by atoms with Crippen molar-refractivity contribution in [1.82, 2.24) is 15.1 Å². The molecule has 1 N–H and O–H groups in total. The third kappa shape index (κ3) is 3.41. The minimum atomic E-state index is 0.162. The molecule has 5 nitrogen and oxygen atoms in total. The Morgan fingerprint density at radius 3 is 2.74 bits per heavy atom. The molecule has 0 aromatic rings. The van der Waals surface area contributed by atoms with Crippen LogP contribution in [0.5, 0.6) is 0 Å². The van der Waals surface area contributed by atoms with E-state index in [0.29, 0.717) is 12.5 Å². The van der Waals surface area contributed by atoms with Gasteiger partial charge in [-0.1, -0.05) is 11.8 Å². The van der Waals surface area contributed by atoms with Gasteiger partial charge >= 0.3 is 0 Å². The summed E-state index contributed by atoms with van der Waals surface area (Å²) in [6.07, 6.45) is 11.5. The number of amidine groups is 1. The molecule has 0 aromatic carbocycles. The summed E-state index contributed by atoms with van der Waals surface area (Å²) in [6.45, 7) is 1.83. The van der Waals surface area contributed by atoms with Crippen molar-refractivity contribution in [1.29, 1.82) is 0 Å². The van der Waals surface area contributed by atoms with E-state index in [-0.39, 0.29) is 11.3 Å². The van der Waals surface area contributed by atoms with E-state index in [0.717, 1.165) is 31.8 Å². The van der Waals surface area contributed by atoms with E-state index in [1.54, 1.807) is 10.5 Å². The number of hydrogen-bond acceptors (Lipinski definition) is 5. The number of fused-ring (bicyclic) bond motifs is 2. The van der Waals surface area contributed by atoms with Crippen LogP contribution >= 0.6 is 11.8 Å². The quantitative estimate of drug-likeness (QED) is 0.802. The predicted octanol–water partition coefficient (Wildman–Crippen LogP) is 3.60. The van der Waals surface area contributed by atoms with Gasteiger partial charge in [-0.25, -0.2) is 0 Å². The third-order valence-corrected chi connectivity index (χ3v) is 7.81. The fourth-order valence-corrected chi connectivity index (χ4v) is 6.21. The Kier molecular flexibility index (Phi) is 4.70. The highest BCUT2D eigenvalue weighted by atomic mass is 32.2. The van der Waals surface area contributed by atoms with Crippen LogP contribution in [0.2, 0.25) is 0 Å². The molecule has 0 spiro atoms. The summed E-state index contributed by atoms with van der Waals surface area (Å²) < 4.78 is 0. The SMILES string of the molecule is CN(C1=C2C3=C(CCCC3)SC2N=C(CC(=O)N2CCCCC2)N1)C1CC1. The molecular weight excluding hydrogens is 356 g/mol. The van der Waals surface area contributed by atoms with Crippen LogP contribution in [0.1, 0.15) is 64.2 Å². The first-order chi connectivity index (χ1) is 13.2. The zero-order chi connectivity index (χ0) is 18.4. The van der Waals surface area contributed by atoms with Crippen LogP contribution in [0.25, 0.3) is 0 Å². The number of thioether (sulfide) groups is 1. The van der Waals surface area contributed by atoms with Gasteiger partial charge in [0.05, 0.1) is 6.42 Å². The number of amides is 1. The van der Waals surface area contributed by atoms with Crippen LogP contribution in [-0.4, -0.2) is 53.1 Å². The first kappa shape index (κ1) is 17.7. The Morgan fingerprint density at radius 1 is 1.19 bits per heavy atom. The average Bonchev–Trinajstić information content (AvgIpc) is 3.48. The van der Waals surface area contributed by atoms with E-state index >= 15 is 0 Å². The Morgan fingerprint density at radius 2 is 1.96 bits per heavy atom. The van der Waals surface area contributed by atoms with Crippen LogP contribution in [-0.2, 0) is 4.79 Å². The summed E-state index contributed by atoms with van der Waals surface area (Å²) in [4.78, 5) is 23.8. The summed E-state index contributed by atoms with van der Waals surface area (Å²) in [7, 11) is 2.21. The maximum absolute atomic E-state index is 12.8. The molecule has 3 heterocycles. The normalized spacial score (nSPS) is 27.8. The van der Waals surface area contributed by atoms with Crippen LogP contribution in [0, 0.1) is 0 Å². The molecule has 5 rings (SSSR count). The molecule has 1 unspecified atom stereocenters. The fraction of sp³-hybridized carbons (Fsp3) is 0.714. The molecule has 146 valence electrons. The first-order valence-corrected chi connectivity index (χ1v) is 11.6. The molecule has 5 aliphatic rings. The Hall–Kier alpha value is -1.43. The summed E-state index contributed by atoms with van der Waals surface area (Å²) >= 11 is 1.94. The molecule has 1 saturated carbocycles. The second-order valence-corrected chi connectivity index (χ2v) is 9.68. The average molecular weight is 387 g/mol. The zero-order valence-electron chi connectivity index (χ0n) is 16.3. The van der Waals surface area contributed by atoms with E-state index in [4.69, 9.17) is 4.99 Å². The molecule has 0 aromatic heterocycles. The topological polar surface area (TPSA) is 47.9 Å². The van der Waals surface area contributed by atoms with Gasteiger partial charge in [0.2, 0.25) is 5.91 Å². The van der Waals surface area contributed by atoms with Gasteiger partial charge in [-0.05, 0) is 68.3 Å². The van der Waals surface area contributed by atoms with Crippen molar-refractivity contribution in [2.24, 2.45) is 4.99 Å². The number of likely N-dealkylation sites (tertiary alicyclic amines) is 1. The van der Waals surface area contributed by atoms with Crippen molar-refractivity contribution in [2.75, 3.05) is 20.1 Å². The monoisotopic (exact) mass is 386 g/mol. The molecule has 0 bridgehead atoms. The minimum Gasteiger partial charge on any atom is -0.358 e. The van der Waals surface area contributed by atoms with Crippen molar-refractivity contribution in [3.8, 4) is 0 Å². The number of piperidine rings is 1. The van der Waals surface area contributed by atoms with E-state index < -0.39 is 0 Å². The van der Waals surface area contributed by atoms with Gasteiger partial charge in [-0.3, -0.25) is 9.79 Å². The second kappa shape index (κ2) is 7.19. The van der Waals surface area contributed by atoms with E-state index in [9.17, 15) is 4.79 Å². The van der Waals surface area contributed by atoms with Crippen molar-refractivity contribution in [3.05, 3.63) is 21.9 Å². The maximum Gasteiger partial charge on any atom is 0.230 e. The van der Waals surface area contributed by atoms with Gasteiger partial charge in [-0.15, -0.1) is 0 Å². The molecule has 27 heavy (non-hydrogen) atoms. The summed E-state index contributed by atoms with van der Waals surface area (Å²) in [5, 5.41) is 3.77. The first-order valence-electron chi connectivity index (χ1n) is 10.7. The lowest BCUT2D eigenvalue weighted by molar-refractivity contribution is -0.130. The summed E-state index contributed by atoms with van der Waals surface area (Å²) in [5.74, 6) is 2.34. The Labute approximate surface area is 166 Å². The largest absolute Gasteiger partial charge is 0.358 e.